The molecule has 0 unspecified atom stereocenters. The second-order valence-corrected chi connectivity index (χ2v) is 6.57. The lowest BCUT2D eigenvalue weighted by Crippen LogP contribution is -2.30. The smallest absolute Gasteiger partial charge is 0.270 e. The predicted octanol–water partition coefficient (Wildman–Crippen LogP) is 1.63. The molecule has 0 aliphatic heterocycles. The minimum Gasteiger partial charge on any atom is -0.507 e. The molecule has 2 rings (SSSR count). The van der Waals surface area contributed by atoms with E-state index < -0.39 is 9.85 Å². The Morgan fingerprint density at radius 3 is 1.53 bits per heavy atom. The number of hydrogen-bond acceptors (Lipinski definition) is 10. The van der Waals surface area contributed by atoms with E-state index in [1.54, 1.807) is 0 Å². The van der Waals surface area contributed by atoms with Crippen LogP contribution in [0.1, 0.15) is 11.1 Å². The standard InChI is InChI=1S/C20H24N6O6/c27-19-3-1-17(25(29)30)11-15(19)13-23-9-7-21-5-6-22-8-10-24-14-16-12-18(26(31)32)2-4-20(16)28/h1-4,11-14,21-22,27-28H,5-10H2. The van der Waals surface area contributed by atoms with Gasteiger partial charge in [0.05, 0.1) is 22.9 Å². The molecule has 0 aliphatic carbocycles. The van der Waals surface area contributed by atoms with E-state index in [0.717, 1.165) is 0 Å². The normalized spacial score (nSPS) is 11.4. The highest BCUT2D eigenvalue weighted by molar-refractivity contribution is 5.85. The van der Waals surface area contributed by atoms with Gasteiger partial charge in [-0.1, -0.05) is 0 Å². The van der Waals surface area contributed by atoms with Crippen LogP contribution in [0.4, 0.5) is 11.4 Å². The molecule has 0 radical (unpaired) electrons. The van der Waals surface area contributed by atoms with E-state index in [9.17, 15) is 30.4 Å². The lowest BCUT2D eigenvalue weighted by molar-refractivity contribution is -0.385. The number of hydrogen-bond donors (Lipinski definition) is 4. The molecule has 2 aromatic carbocycles. The first-order valence-electron chi connectivity index (χ1n) is 9.74. The van der Waals surface area contributed by atoms with Gasteiger partial charge in [0.2, 0.25) is 0 Å². The molecule has 12 nitrogen and oxygen atoms in total. The van der Waals surface area contributed by atoms with Gasteiger partial charge in [-0.3, -0.25) is 30.2 Å². The molecule has 0 saturated heterocycles. The van der Waals surface area contributed by atoms with Crippen LogP contribution in [0.15, 0.2) is 46.4 Å². The van der Waals surface area contributed by atoms with Crippen LogP contribution in [0.2, 0.25) is 0 Å². The molecule has 2 aromatic rings. The Morgan fingerprint density at radius 1 is 0.750 bits per heavy atom. The lowest BCUT2D eigenvalue weighted by Gasteiger charge is -2.04. The summed E-state index contributed by atoms with van der Waals surface area (Å²) in [4.78, 5) is 28.7. The van der Waals surface area contributed by atoms with Crippen molar-refractivity contribution >= 4 is 23.8 Å². The summed E-state index contributed by atoms with van der Waals surface area (Å²) in [6.45, 7) is 3.45. The van der Waals surface area contributed by atoms with Crippen molar-refractivity contribution in [1.82, 2.24) is 10.6 Å². The number of nitrogens with one attached hydrogen (secondary N) is 2. The number of nitro benzene ring substituents is 2. The number of rotatable bonds is 13. The zero-order chi connectivity index (χ0) is 23.3. The van der Waals surface area contributed by atoms with Crippen LogP contribution in [0, 0.1) is 20.2 Å². The minimum atomic E-state index is -0.533. The Hall–Kier alpha value is -3.90. The van der Waals surface area contributed by atoms with Crippen LogP contribution in [0.5, 0.6) is 11.5 Å². The molecule has 4 N–H and O–H groups in total. The summed E-state index contributed by atoms with van der Waals surface area (Å²) >= 11 is 0. The van der Waals surface area contributed by atoms with Gasteiger partial charge in [0.25, 0.3) is 11.4 Å². The fourth-order valence-electron chi connectivity index (χ4n) is 2.56. The van der Waals surface area contributed by atoms with Crippen molar-refractivity contribution in [3.8, 4) is 11.5 Å². The third-order valence-corrected chi connectivity index (χ3v) is 4.22. The molecule has 0 heterocycles. The SMILES string of the molecule is O=[N+]([O-])c1ccc(O)c(C=NCCNCCNCCN=Cc2cc([N+](=O)[O-])ccc2O)c1. The summed E-state index contributed by atoms with van der Waals surface area (Å²) < 4.78 is 0. The summed E-state index contributed by atoms with van der Waals surface area (Å²) in [5.41, 5.74) is 0.360. The van der Waals surface area contributed by atoms with Crippen LogP contribution in [0.3, 0.4) is 0 Å². The van der Waals surface area contributed by atoms with E-state index in [0.29, 0.717) is 50.4 Å². The molecule has 32 heavy (non-hydrogen) atoms. The molecule has 12 heteroatoms. The number of phenolic OH excluding ortho intramolecular Hbond substituents is 2. The number of nitrogens with zero attached hydrogens (tertiary/aromatic N) is 4. The third-order valence-electron chi connectivity index (χ3n) is 4.22. The van der Waals surface area contributed by atoms with Crippen molar-refractivity contribution in [2.45, 2.75) is 0 Å². The van der Waals surface area contributed by atoms with Gasteiger partial charge in [-0.15, -0.1) is 0 Å². The molecule has 0 fully saturated rings. The van der Waals surface area contributed by atoms with Crippen molar-refractivity contribution in [3.05, 3.63) is 67.8 Å². The van der Waals surface area contributed by atoms with Gasteiger partial charge in [-0.05, 0) is 12.1 Å². The van der Waals surface area contributed by atoms with Crippen molar-refractivity contribution in [2.24, 2.45) is 9.98 Å². The van der Waals surface area contributed by atoms with Crippen molar-refractivity contribution in [1.29, 1.82) is 0 Å². The Bertz CT molecular complexity index is 915. The van der Waals surface area contributed by atoms with E-state index in [4.69, 9.17) is 0 Å². The lowest BCUT2D eigenvalue weighted by atomic mass is 10.2. The second-order valence-electron chi connectivity index (χ2n) is 6.57. The molecule has 0 amide bonds. The minimum absolute atomic E-state index is 0.0696. The Morgan fingerprint density at radius 2 is 1.16 bits per heavy atom. The summed E-state index contributed by atoms with van der Waals surface area (Å²) in [6, 6.07) is 7.51. The quantitative estimate of drug-likeness (QED) is 0.156. The van der Waals surface area contributed by atoms with E-state index in [1.807, 2.05) is 0 Å². The zero-order valence-electron chi connectivity index (χ0n) is 17.2. The summed E-state index contributed by atoms with van der Waals surface area (Å²) in [5, 5.41) is 47.3. The number of aliphatic imine (C=N–C) groups is 2. The van der Waals surface area contributed by atoms with Crippen LogP contribution in [-0.2, 0) is 0 Å². The highest BCUT2D eigenvalue weighted by Crippen LogP contribution is 2.22. The maximum absolute atomic E-state index is 10.8. The third kappa shape index (κ3) is 8.08. The first kappa shape index (κ1) is 24.4. The average Bonchev–Trinajstić information content (AvgIpc) is 2.76. The van der Waals surface area contributed by atoms with Crippen LogP contribution in [-0.4, -0.2) is 71.8 Å². The van der Waals surface area contributed by atoms with Gasteiger partial charge in [0, 0.05) is 74.0 Å². The molecule has 0 aromatic heterocycles. The molecule has 170 valence electrons. The number of benzene rings is 2. The van der Waals surface area contributed by atoms with E-state index in [2.05, 4.69) is 20.6 Å². The van der Waals surface area contributed by atoms with E-state index in [1.165, 1.54) is 48.8 Å². The zero-order valence-corrected chi connectivity index (χ0v) is 17.2. The number of phenols is 2. The first-order chi connectivity index (χ1) is 15.4. The number of aromatic hydroxyl groups is 2. The van der Waals surface area contributed by atoms with Crippen LogP contribution < -0.4 is 10.6 Å². The number of non-ortho nitro benzene ring substituents is 2. The van der Waals surface area contributed by atoms with Gasteiger partial charge < -0.3 is 20.8 Å². The highest BCUT2D eigenvalue weighted by Gasteiger charge is 2.09. The Balaban J connectivity index is 1.58. The van der Waals surface area contributed by atoms with Gasteiger partial charge in [-0.2, -0.15) is 0 Å². The second kappa shape index (κ2) is 12.7. The van der Waals surface area contributed by atoms with Crippen LogP contribution >= 0.6 is 0 Å². The Kier molecular flexibility index (Phi) is 9.69. The fourth-order valence-corrected chi connectivity index (χ4v) is 2.56. The van der Waals surface area contributed by atoms with Crippen molar-refractivity contribution in [3.63, 3.8) is 0 Å². The number of nitro groups is 2. The van der Waals surface area contributed by atoms with Gasteiger partial charge >= 0.3 is 0 Å². The largest absolute Gasteiger partial charge is 0.507 e. The molecule has 0 aliphatic rings. The topological polar surface area (TPSA) is 176 Å². The van der Waals surface area contributed by atoms with Gasteiger partial charge in [0.15, 0.2) is 0 Å². The highest BCUT2D eigenvalue weighted by atomic mass is 16.6. The maximum atomic E-state index is 10.8. The first-order valence-corrected chi connectivity index (χ1v) is 9.74. The predicted molar refractivity (Wildman–Crippen MR) is 120 cm³/mol. The van der Waals surface area contributed by atoms with Gasteiger partial charge in [0.1, 0.15) is 11.5 Å². The summed E-state index contributed by atoms with van der Waals surface area (Å²) in [5.74, 6) is -0.139. The summed E-state index contributed by atoms with van der Waals surface area (Å²) in [6.07, 6.45) is 2.80. The molecule has 0 saturated carbocycles. The average molecular weight is 444 g/mol. The van der Waals surface area contributed by atoms with Gasteiger partial charge in [-0.25, -0.2) is 0 Å². The van der Waals surface area contributed by atoms with E-state index in [-0.39, 0.29) is 22.9 Å². The summed E-state index contributed by atoms with van der Waals surface area (Å²) in [7, 11) is 0. The maximum Gasteiger partial charge on any atom is 0.270 e. The van der Waals surface area contributed by atoms with Crippen molar-refractivity contribution in [2.75, 3.05) is 39.3 Å². The van der Waals surface area contributed by atoms with Crippen molar-refractivity contribution < 1.29 is 20.1 Å². The molecular weight excluding hydrogens is 420 g/mol. The van der Waals surface area contributed by atoms with Crippen LogP contribution in [0.25, 0.3) is 0 Å². The fraction of sp³-hybridized carbons (Fsp3) is 0.300. The Labute approximate surface area is 183 Å². The molecule has 0 spiro atoms. The molecule has 0 bridgehead atoms. The van der Waals surface area contributed by atoms with E-state index >= 15 is 0 Å². The monoisotopic (exact) mass is 444 g/mol. The molecule has 0 atom stereocenters. The molecular formula is C20H24N6O6.